The molecule has 3 nitrogen and oxygen atoms in total. The van der Waals surface area contributed by atoms with Gasteiger partial charge in [-0.3, -0.25) is 4.79 Å². The van der Waals surface area contributed by atoms with Crippen LogP contribution in [0.5, 0.6) is 0 Å². The van der Waals surface area contributed by atoms with E-state index in [1.54, 1.807) is 18.2 Å². The minimum Gasteiger partial charge on any atom is -0.326 e. The number of halogens is 2. The zero-order valence-electron chi connectivity index (χ0n) is 11.5. The minimum atomic E-state index is 0.0210. The van der Waals surface area contributed by atoms with Crippen molar-refractivity contribution >= 4 is 34.8 Å². The topological polar surface area (TPSA) is 32.3 Å². The zero-order chi connectivity index (χ0) is 14.4. The maximum absolute atomic E-state index is 11.9. The van der Waals surface area contributed by atoms with Gasteiger partial charge < -0.3 is 10.2 Å². The molecule has 1 aromatic rings. The Hall–Kier alpha value is -0.770. The van der Waals surface area contributed by atoms with E-state index >= 15 is 0 Å². The van der Waals surface area contributed by atoms with Crippen LogP contribution in [0.15, 0.2) is 18.2 Å². The Balaban J connectivity index is 1.78. The number of likely N-dealkylation sites (tertiary alicyclic amines) is 1. The summed E-state index contributed by atoms with van der Waals surface area (Å²) < 4.78 is 0. The number of rotatable bonds is 4. The fraction of sp³-hybridized carbons (Fsp3) is 0.533. The lowest BCUT2D eigenvalue weighted by atomic mass is 10.2. The fourth-order valence-electron chi connectivity index (χ4n) is 2.42. The number of anilines is 1. The van der Waals surface area contributed by atoms with Gasteiger partial charge in [-0.05, 0) is 44.1 Å². The molecule has 1 amide bonds. The smallest absolute Gasteiger partial charge is 0.225 e. The second-order valence-electron chi connectivity index (χ2n) is 5.18. The summed E-state index contributed by atoms with van der Waals surface area (Å²) in [6.07, 6.45) is 5.63. The summed E-state index contributed by atoms with van der Waals surface area (Å²) in [6.45, 7) is 3.05. The molecular formula is C15H20Cl2N2O. The third-order valence-corrected chi connectivity index (χ3v) is 4.30. The minimum absolute atomic E-state index is 0.0210. The maximum Gasteiger partial charge on any atom is 0.225 e. The van der Waals surface area contributed by atoms with Crippen molar-refractivity contribution in [3.8, 4) is 0 Å². The highest BCUT2D eigenvalue weighted by molar-refractivity contribution is 6.42. The quantitative estimate of drug-likeness (QED) is 0.903. The van der Waals surface area contributed by atoms with Crippen LogP contribution >= 0.6 is 23.2 Å². The third-order valence-electron chi connectivity index (χ3n) is 3.56. The summed E-state index contributed by atoms with van der Waals surface area (Å²) in [5, 5.41) is 3.81. The molecule has 1 heterocycles. The summed E-state index contributed by atoms with van der Waals surface area (Å²) in [6, 6.07) is 5.13. The van der Waals surface area contributed by atoms with Gasteiger partial charge in [0.05, 0.1) is 10.0 Å². The standard InChI is InChI=1S/C15H20Cl2N2O/c16-13-6-5-12(11-14(13)17)18-15(20)7-10-19-8-3-1-2-4-9-19/h5-6,11H,1-4,7-10H2,(H,18,20). The Kier molecular flexibility index (Phi) is 6.14. The van der Waals surface area contributed by atoms with Gasteiger partial charge in [0.1, 0.15) is 0 Å². The van der Waals surface area contributed by atoms with E-state index in [1.165, 1.54) is 25.7 Å². The van der Waals surface area contributed by atoms with Gasteiger partial charge >= 0.3 is 0 Å². The molecule has 0 aliphatic carbocycles. The SMILES string of the molecule is O=C(CCN1CCCCCC1)Nc1ccc(Cl)c(Cl)c1. The number of benzene rings is 1. The van der Waals surface area contributed by atoms with Gasteiger partial charge in [0.25, 0.3) is 0 Å². The maximum atomic E-state index is 11.9. The second-order valence-corrected chi connectivity index (χ2v) is 6.00. The fourth-order valence-corrected chi connectivity index (χ4v) is 2.71. The molecular weight excluding hydrogens is 295 g/mol. The van der Waals surface area contributed by atoms with Crippen LogP contribution in [0.1, 0.15) is 32.1 Å². The average molecular weight is 315 g/mol. The van der Waals surface area contributed by atoms with E-state index in [-0.39, 0.29) is 5.91 Å². The van der Waals surface area contributed by atoms with Crippen molar-refractivity contribution in [2.45, 2.75) is 32.1 Å². The number of nitrogens with one attached hydrogen (secondary N) is 1. The molecule has 0 saturated carbocycles. The lowest BCUT2D eigenvalue weighted by molar-refractivity contribution is -0.116. The van der Waals surface area contributed by atoms with Crippen molar-refractivity contribution in [3.05, 3.63) is 28.2 Å². The molecule has 2 rings (SSSR count). The number of hydrogen-bond acceptors (Lipinski definition) is 2. The second kappa shape index (κ2) is 7.87. The molecule has 1 N–H and O–H groups in total. The zero-order valence-corrected chi connectivity index (χ0v) is 13.0. The molecule has 0 atom stereocenters. The van der Waals surface area contributed by atoms with Crippen molar-refractivity contribution in [2.75, 3.05) is 25.0 Å². The monoisotopic (exact) mass is 314 g/mol. The van der Waals surface area contributed by atoms with Gasteiger partial charge in [-0.25, -0.2) is 0 Å². The van der Waals surface area contributed by atoms with E-state index in [9.17, 15) is 4.79 Å². The van der Waals surface area contributed by atoms with E-state index < -0.39 is 0 Å². The van der Waals surface area contributed by atoms with Crippen LogP contribution in [-0.4, -0.2) is 30.4 Å². The summed E-state index contributed by atoms with van der Waals surface area (Å²) in [5.41, 5.74) is 0.695. The van der Waals surface area contributed by atoms with Gasteiger partial charge in [-0.1, -0.05) is 36.0 Å². The molecule has 1 aliphatic heterocycles. The Morgan fingerprint density at radius 3 is 2.45 bits per heavy atom. The average Bonchev–Trinajstić information content (AvgIpc) is 2.69. The van der Waals surface area contributed by atoms with Crippen molar-refractivity contribution in [1.82, 2.24) is 4.90 Å². The summed E-state index contributed by atoms with van der Waals surface area (Å²) >= 11 is 11.8. The lowest BCUT2D eigenvalue weighted by Crippen LogP contribution is -2.28. The molecule has 1 saturated heterocycles. The van der Waals surface area contributed by atoms with E-state index in [4.69, 9.17) is 23.2 Å². The highest BCUT2D eigenvalue weighted by atomic mass is 35.5. The number of amides is 1. The van der Waals surface area contributed by atoms with Gasteiger partial charge in [0.2, 0.25) is 5.91 Å². The Labute approximate surface area is 130 Å². The van der Waals surface area contributed by atoms with Gasteiger partial charge in [-0.2, -0.15) is 0 Å². The van der Waals surface area contributed by atoms with E-state index in [2.05, 4.69) is 10.2 Å². The van der Waals surface area contributed by atoms with Gasteiger partial charge in [0, 0.05) is 18.7 Å². The molecule has 0 aromatic heterocycles. The summed E-state index contributed by atoms with van der Waals surface area (Å²) in [4.78, 5) is 14.3. The van der Waals surface area contributed by atoms with E-state index in [0.717, 1.165) is 19.6 Å². The molecule has 20 heavy (non-hydrogen) atoms. The van der Waals surface area contributed by atoms with Crippen LogP contribution < -0.4 is 5.32 Å². The van der Waals surface area contributed by atoms with E-state index in [1.807, 2.05) is 0 Å². The molecule has 1 aliphatic rings. The first-order chi connectivity index (χ1) is 9.65. The first kappa shape index (κ1) is 15.6. The van der Waals surface area contributed by atoms with Crippen molar-refractivity contribution in [2.24, 2.45) is 0 Å². The lowest BCUT2D eigenvalue weighted by Gasteiger charge is -2.19. The van der Waals surface area contributed by atoms with E-state index in [0.29, 0.717) is 22.2 Å². The van der Waals surface area contributed by atoms with Crippen LogP contribution in [0.2, 0.25) is 10.0 Å². The normalized spacial score (nSPS) is 16.7. The van der Waals surface area contributed by atoms with Crippen molar-refractivity contribution in [1.29, 1.82) is 0 Å². The number of carbonyl (C=O) groups is 1. The van der Waals surface area contributed by atoms with Crippen LogP contribution in [0.25, 0.3) is 0 Å². The highest BCUT2D eigenvalue weighted by Gasteiger charge is 2.11. The summed E-state index contributed by atoms with van der Waals surface area (Å²) in [5.74, 6) is 0.0210. The Morgan fingerprint density at radius 1 is 1.10 bits per heavy atom. The molecule has 110 valence electrons. The molecule has 0 bridgehead atoms. The molecule has 0 spiro atoms. The van der Waals surface area contributed by atoms with Crippen molar-refractivity contribution in [3.63, 3.8) is 0 Å². The Morgan fingerprint density at radius 2 is 1.80 bits per heavy atom. The molecule has 5 heteroatoms. The number of carbonyl (C=O) groups excluding carboxylic acids is 1. The van der Waals surface area contributed by atoms with Gasteiger partial charge in [-0.15, -0.1) is 0 Å². The Bertz CT molecular complexity index is 457. The summed E-state index contributed by atoms with van der Waals surface area (Å²) in [7, 11) is 0. The van der Waals surface area contributed by atoms with Crippen molar-refractivity contribution < 1.29 is 4.79 Å². The van der Waals surface area contributed by atoms with Crippen LogP contribution in [0, 0.1) is 0 Å². The predicted molar refractivity (Wildman–Crippen MR) is 84.6 cm³/mol. The van der Waals surface area contributed by atoms with Crippen LogP contribution in [0.4, 0.5) is 5.69 Å². The first-order valence-corrected chi connectivity index (χ1v) is 7.88. The molecule has 0 unspecified atom stereocenters. The number of hydrogen-bond donors (Lipinski definition) is 1. The molecule has 1 aromatic carbocycles. The van der Waals surface area contributed by atoms with Crippen LogP contribution in [-0.2, 0) is 4.79 Å². The third kappa shape index (κ3) is 4.97. The molecule has 0 radical (unpaired) electrons. The first-order valence-electron chi connectivity index (χ1n) is 7.12. The predicted octanol–water partition coefficient (Wildman–Crippen LogP) is 4.20. The largest absolute Gasteiger partial charge is 0.326 e. The molecule has 1 fully saturated rings. The van der Waals surface area contributed by atoms with Gasteiger partial charge in [0.15, 0.2) is 0 Å². The van der Waals surface area contributed by atoms with Crippen LogP contribution in [0.3, 0.4) is 0 Å². The number of nitrogens with zero attached hydrogens (tertiary/aromatic N) is 1. The highest BCUT2D eigenvalue weighted by Crippen LogP contribution is 2.25.